The molecule has 8 heteroatoms. The molecule has 22 heavy (non-hydrogen) atoms. The van der Waals surface area contributed by atoms with E-state index in [2.05, 4.69) is 10.3 Å². The minimum atomic E-state index is -4.42. The Balaban J connectivity index is 1.86. The van der Waals surface area contributed by atoms with Crippen molar-refractivity contribution in [1.29, 1.82) is 0 Å². The maximum atomic E-state index is 12.4. The Kier molecular flexibility index (Phi) is 5.01. The summed E-state index contributed by atoms with van der Waals surface area (Å²) in [6, 6.07) is 2.18. The number of amides is 1. The van der Waals surface area contributed by atoms with Crippen LogP contribution in [0.15, 0.2) is 23.4 Å². The highest BCUT2D eigenvalue weighted by Gasteiger charge is 2.42. The molecule has 1 saturated carbocycles. The number of hydrogen-bond acceptors (Lipinski definition) is 4. The van der Waals surface area contributed by atoms with E-state index in [1.54, 1.807) is 6.92 Å². The Hall–Kier alpha value is -1.28. The first kappa shape index (κ1) is 17.1. The highest BCUT2D eigenvalue weighted by Crippen LogP contribution is 2.39. The van der Waals surface area contributed by atoms with Crippen molar-refractivity contribution in [3.63, 3.8) is 0 Å². The molecule has 2 N–H and O–H groups in total. The second-order valence-electron chi connectivity index (χ2n) is 5.57. The van der Waals surface area contributed by atoms with E-state index in [1.807, 2.05) is 0 Å². The number of nitrogens with zero attached hydrogens (tertiary/aromatic N) is 1. The molecule has 0 aromatic carbocycles. The number of thioether (sulfide) groups is 1. The first-order valence-electron chi connectivity index (χ1n) is 6.82. The Morgan fingerprint density at radius 3 is 2.59 bits per heavy atom. The van der Waals surface area contributed by atoms with Gasteiger partial charge in [0, 0.05) is 6.20 Å². The average molecular weight is 334 g/mol. The minimum absolute atomic E-state index is 0.0423. The van der Waals surface area contributed by atoms with Crippen LogP contribution in [-0.4, -0.2) is 33.9 Å². The molecule has 1 aromatic rings. The van der Waals surface area contributed by atoms with Crippen molar-refractivity contribution in [2.75, 3.05) is 12.4 Å². The summed E-state index contributed by atoms with van der Waals surface area (Å²) >= 11 is 1.06. The van der Waals surface area contributed by atoms with Crippen LogP contribution in [-0.2, 0) is 11.0 Å². The van der Waals surface area contributed by atoms with E-state index < -0.39 is 17.3 Å². The first-order chi connectivity index (χ1) is 10.2. The largest absolute Gasteiger partial charge is 0.417 e. The van der Waals surface area contributed by atoms with E-state index >= 15 is 0 Å². The number of aliphatic hydroxyl groups excluding tert-OH is 1. The quantitative estimate of drug-likeness (QED) is 0.785. The van der Waals surface area contributed by atoms with Crippen LogP contribution >= 0.6 is 11.8 Å². The van der Waals surface area contributed by atoms with Crippen LogP contribution in [0.4, 0.5) is 13.2 Å². The van der Waals surface area contributed by atoms with Crippen LogP contribution in [0.25, 0.3) is 0 Å². The van der Waals surface area contributed by atoms with Gasteiger partial charge in [0.15, 0.2) is 0 Å². The summed E-state index contributed by atoms with van der Waals surface area (Å²) in [4.78, 5) is 15.6. The van der Waals surface area contributed by atoms with Crippen LogP contribution in [0, 0.1) is 5.92 Å². The molecule has 122 valence electrons. The Morgan fingerprint density at radius 2 is 2.14 bits per heavy atom. The summed E-state index contributed by atoms with van der Waals surface area (Å²) in [7, 11) is 0. The van der Waals surface area contributed by atoms with Crippen molar-refractivity contribution in [2.45, 2.75) is 36.5 Å². The molecule has 0 spiro atoms. The third-order valence-electron chi connectivity index (χ3n) is 3.65. The first-order valence-corrected chi connectivity index (χ1v) is 7.81. The number of aromatic nitrogens is 1. The van der Waals surface area contributed by atoms with E-state index in [0.29, 0.717) is 5.03 Å². The second kappa shape index (κ2) is 6.45. The van der Waals surface area contributed by atoms with Crippen molar-refractivity contribution < 1.29 is 23.1 Å². The number of alkyl halides is 3. The number of halogens is 3. The minimum Gasteiger partial charge on any atom is -0.394 e. The topological polar surface area (TPSA) is 62.2 Å². The molecule has 1 aliphatic rings. The smallest absolute Gasteiger partial charge is 0.394 e. The predicted octanol–water partition coefficient (Wildman–Crippen LogP) is 2.47. The summed E-state index contributed by atoms with van der Waals surface area (Å²) in [6.45, 7) is 1.66. The van der Waals surface area contributed by atoms with Gasteiger partial charge < -0.3 is 10.4 Å². The third kappa shape index (κ3) is 4.36. The lowest BCUT2D eigenvalue weighted by molar-refractivity contribution is -0.137. The number of rotatable bonds is 6. The van der Waals surface area contributed by atoms with Crippen LogP contribution < -0.4 is 5.32 Å². The van der Waals surface area contributed by atoms with Gasteiger partial charge in [-0.2, -0.15) is 13.2 Å². The summed E-state index contributed by atoms with van der Waals surface area (Å²) in [6.07, 6.45) is -1.71. The van der Waals surface area contributed by atoms with Crippen molar-refractivity contribution in [3.8, 4) is 0 Å². The molecule has 0 radical (unpaired) electrons. The molecular weight excluding hydrogens is 317 g/mol. The molecule has 2 rings (SSSR count). The molecule has 4 nitrogen and oxygen atoms in total. The van der Waals surface area contributed by atoms with E-state index in [1.165, 1.54) is 6.07 Å². The van der Waals surface area contributed by atoms with Gasteiger partial charge in [0.25, 0.3) is 0 Å². The lowest BCUT2D eigenvalue weighted by Crippen LogP contribution is -2.51. The molecular formula is C14H17F3N2O2S. The molecule has 0 aliphatic heterocycles. The van der Waals surface area contributed by atoms with Gasteiger partial charge in [0.05, 0.1) is 28.5 Å². The van der Waals surface area contributed by atoms with Gasteiger partial charge in [-0.25, -0.2) is 4.98 Å². The van der Waals surface area contributed by atoms with E-state index in [0.717, 1.165) is 36.9 Å². The fourth-order valence-corrected chi connectivity index (χ4v) is 2.76. The Bertz CT molecular complexity index is 532. The lowest BCUT2D eigenvalue weighted by atomic mass is 9.97. The van der Waals surface area contributed by atoms with Crippen LogP contribution in [0.1, 0.15) is 25.3 Å². The fourth-order valence-electron chi connectivity index (χ4n) is 2.12. The molecule has 1 fully saturated rings. The maximum Gasteiger partial charge on any atom is 0.417 e. The molecule has 1 heterocycles. The molecule has 1 atom stereocenters. The number of hydrogen-bond donors (Lipinski definition) is 2. The number of nitrogens with one attached hydrogen (secondary N) is 1. The van der Waals surface area contributed by atoms with E-state index in [4.69, 9.17) is 0 Å². The zero-order valence-corrected chi connectivity index (χ0v) is 12.8. The molecule has 1 aliphatic carbocycles. The zero-order valence-electron chi connectivity index (χ0n) is 12.0. The van der Waals surface area contributed by atoms with Gasteiger partial charge >= 0.3 is 6.18 Å². The van der Waals surface area contributed by atoms with Gasteiger partial charge in [-0.15, -0.1) is 0 Å². The Labute approximate surface area is 130 Å². The summed E-state index contributed by atoms with van der Waals surface area (Å²) < 4.78 is 37.2. The SMILES string of the molecule is CC(CO)(NC(=O)CSc1ccc(C(F)(F)F)cn1)C1CC1. The third-order valence-corrected chi connectivity index (χ3v) is 4.59. The Morgan fingerprint density at radius 1 is 1.45 bits per heavy atom. The fraction of sp³-hybridized carbons (Fsp3) is 0.571. The number of carbonyl (C=O) groups excluding carboxylic acids is 1. The van der Waals surface area contributed by atoms with Crippen LogP contribution in [0.2, 0.25) is 0 Å². The van der Waals surface area contributed by atoms with Crippen molar-refractivity contribution in [1.82, 2.24) is 10.3 Å². The molecule has 0 bridgehead atoms. The molecule has 1 unspecified atom stereocenters. The van der Waals surface area contributed by atoms with E-state index in [9.17, 15) is 23.1 Å². The number of carbonyl (C=O) groups is 1. The van der Waals surface area contributed by atoms with E-state index in [-0.39, 0.29) is 24.2 Å². The van der Waals surface area contributed by atoms with Gasteiger partial charge in [0.1, 0.15) is 0 Å². The van der Waals surface area contributed by atoms with Gasteiger partial charge in [0.2, 0.25) is 5.91 Å². The summed E-state index contributed by atoms with van der Waals surface area (Å²) in [5, 5.41) is 12.5. The van der Waals surface area contributed by atoms with Crippen LogP contribution in [0.5, 0.6) is 0 Å². The average Bonchev–Trinajstić information content (AvgIpc) is 3.29. The van der Waals surface area contributed by atoms with Crippen molar-refractivity contribution in [2.24, 2.45) is 5.92 Å². The van der Waals surface area contributed by atoms with Gasteiger partial charge in [-0.05, 0) is 37.8 Å². The standard InChI is InChI=1S/C14H17F3N2O2S/c1-13(8-20,9-2-3-9)19-11(21)7-22-12-5-4-10(6-18-12)14(15,16)17/h4-6,9,20H,2-3,7-8H2,1H3,(H,19,21). The number of aliphatic hydroxyl groups is 1. The maximum absolute atomic E-state index is 12.4. The van der Waals surface area contributed by atoms with Crippen LogP contribution in [0.3, 0.4) is 0 Å². The summed E-state index contributed by atoms with van der Waals surface area (Å²) in [5.41, 5.74) is -1.44. The number of pyridine rings is 1. The lowest BCUT2D eigenvalue weighted by Gasteiger charge is -2.28. The molecule has 1 aromatic heterocycles. The molecule has 1 amide bonds. The van der Waals surface area contributed by atoms with Gasteiger partial charge in [-0.1, -0.05) is 11.8 Å². The highest BCUT2D eigenvalue weighted by atomic mass is 32.2. The molecule has 0 saturated heterocycles. The zero-order chi connectivity index (χ0) is 16.4. The monoisotopic (exact) mass is 334 g/mol. The highest BCUT2D eigenvalue weighted by molar-refractivity contribution is 7.99. The van der Waals surface area contributed by atoms with Crippen molar-refractivity contribution in [3.05, 3.63) is 23.9 Å². The normalized spacial score (nSPS) is 17.9. The van der Waals surface area contributed by atoms with Crippen molar-refractivity contribution >= 4 is 17.7 Å². The summed E-state index contributed by atoms with van der Waals surface area (Å²) in [5.74, 6) is 0.0616. The second-order valence-corrected chi connectivity index (χ2v) is 6.57. The predicted molar refractivity (Wildman–Crippen MR) is 76.3 cm³/mol. The van der Waals surface area contributed by atoms with Gasteiger partial charge in [-0.3, -0.25) is 4.79 Å².